The average Bonchev–Trinajstić information content (AvgIpc) is 1.84. The van der Waals surface area contributed by atoms with Gasteiger partial charge in [0.1, 0.15) is 6.73 Å². The summed E-state index contributed by atoms with van der Waals surface area (Å²) in [6.45, 7) is -0.855. The van der Waals surface area contributed by atoms with E-state index in [9.17, 15) is 4.79 Å². The van der Waals surface area contributed by atoms with Crippen LogP contribution in [0.3, 0.4) is 0 Å². The highest BCUT2D eigenvalue weighted by atomic mass is 16.6. The Labute approximate surface area is 44.9 Å². The quantitative estimate of drug-likeness (QED) is 0.198. The van der Waals surface area contributed by atoms with Crippen LogP contribution in [-0.4, -0.2) is 33.3 Å². The van der Waals surface area contributed by atoms with Gasteiger partial charge in [-0.15, -0.1) is 0 Å². The van der Waals surface area contributed by atoms with Gasteiger partial charge in [0.05, 0.1) is 0 Å². The number of aliphatic hydroxyl groups is 1. The number of carbonyl (C=O) groups excluding carboxylic acids is 1. The summed E-state index contributed by atoms with van der Waals surface area (Å²) < 4.78 is 0. The Hall–Kier alpha value is -0.850. The molecule has 0 saturated carbocycles. The van der Waals surface area contributed by atoms with Gasteiger partial charge in [-0.25, -0.2) is 10.3 Å². The molecule has 0 saturated heterocycles. The second-order valence-corrected chi connectivity index (χ2v) is 0.958. The Morgan fingerprint density at radius 1 is 1.75 bits per heavy atom. The zero-order valence-corrected chi connectivity index (χ0v) is 3.90. The molecule has 48 valence electrons. The van der Waals surface area contributed by atoms with Crippen LogP contribution in [0.4, 0.5) is 4.79 Å². The molecule has 6 heteroatoms. The number of carbonyl (C=O) groups is 1. The summed E-state index contributed by atoms with van der Waals surface area (Å²) in [5.41, 5.74) is 1.09. The summed E-state index contributed by atoms with van der Waals surface area (Å²) in [6, 6.07) is -1.17. The molecule has 0 aromatic heterocycles. The second-order valence-electron chi connectivity index (χ2n) is 0.958. The molecule has 8 heavy (non-hydrogen) atoms. The normalized spacial score (nSPS) is 8.38. The molecule has 6 nitrogen and oxygen atoms in total. The Kier molecular flexibility index (Phi) is 2.85. The Balaban J connectivity index is 3.46. The van der Waals surface area contributed by atoms with Crippen molar-refractivity contribution in [3.63, 3.8) is 0 Å². The highest BCUT2D eigenvalue weighted by Crippen LogP contribution is 1.75. The number of hydrogen-bond acceptors (Lipinski definition) is 4. The molecule has 0 aliphatic heterocycles. The van der Waals surface area contributed by atoms with E-state index in [1.54, 1.807) is 0 Å². The molecule has 0 heterocycles. The zero-order valence-electron chi connectivity index (χ0n) is 3.90. The lowest BCUT2D eigenvalue weighted by molar-refractivity contribution is -0.104. The highest BCUT2D eigenvalue weighted by molar-refractivity contribution is 5.71. The number of rotatable bonds is 1. The zero-order chi connectivity index (χ0) is 6.57. The predicted octanol–water partition coefficient (Wildman–Crippen LogP) is -1.27. The minimum Gasteiger partial charge on any atom is -0.374 e. The van der Waals surface area contributed by atoms with Crippen LogP contribution in [0.2, 0.25) is 0 Å². The van der Waals surface area contributed by atoms with E-state index in [0.29, 0.717) is 0 Å². The number of hydrogen-bond donors (Lipinski definition) is 4. The minimum atomic E-state index is -1.17. The Morgan fingerprint density at radius 2 is 2.25 bits per heavy atom. The molecule has 0 bridgehead atoms. The molecule has 0 spiro atoms. The van der Waals surface area contributed by atoms with E-state index in [-0.39, 0.29) is 5.06 Å². The number of aliphatic hydroxyl groups excluding tert-OH is 1. The first-order valence-corrected chi connectivity index (χ1v) is 1.73. The van der Waals surface area contributed by atoms with Gasteiger partial charge in [-0.05, 0) is 0 Å². The molecular formula is C2H6N2O4. The summed E-state index contributed by atoms with van der Waals surface area (Å²) in [5.74, 6) is 0. The fraction of sp³-hybridized carbons (Fsp3) is 0.500. The van der Waals surface area contributed by atoms with Crippen LogP contribution in [0.25, 0.3) is 0 Å². The highest BCUT2D eigenvalue weighted by Gasteiger charge is 2.04. The van der Waals surface area contributed by atoms with Crippen LogP contribution in [0.5, 0.6) is 0 Å². The molecule has 0 aromatic rings. The van der Waals surface area contributed by atoms with E-state index >= 15 is 0 Å². The van der Waals surface area contributed by atoms with Gasteiger partial charge >= 0.3 is 6.03 Å². The maximum Gasteiger partial charge on any atom is 0.367 e. The SMILES string of the molecule is O=C(NO)N(O)CO. The number of nitrogens with zero attached hydrogens (tertiary/aromatic N) is 1. The maximum absolute atomic E-state index is 9.90. The molecule has 0 aromatic carbocycles. The third-order valence-corrected chi connectivity index (χ3v) is 0.464. The summed E-state index contributed by atoms with van der Waals surface area (Å²) in [4.78, 5) is 9.90. The van der Waals surface area contributed by atoms with E-state index in [1.165, 1.54) is 0 Å². The summed E-state index contributed by atoms with van der Waals surface area (Å²) >= 11 is 0. The largest absolute Gasteiger partial charge is 0.374 e. The van der Waals surface area contributed by atoms with E-state index in [1.807, 2.05) is 0 Å². The van der Waals surface area contributed by atoms with Crippen LogP contribution in [0.15, 0.2) is 0 Å². The second kappa shape index (κ2) is 3.19. The third kappa shape index (κ3) is 1.73. The first-order chi connectivity index (χ1) is 3.72. The van der Waals surface area contributed by atoms with Gasteiger partial charge in [-0.2, -0.15) is 5.06 Å². The molecule has 2 amide bonds. The van der Waals surface area contributed by atoms with Crippen molar-refractivity contribution in [2.75, 3.05) is 6.73 Å². The van der Waals surface area contributed by atoms with Crippen molar-refractivity contribution in [2.45, 2.75) is 0 Å². The van der Waals surface area contributed by atoms with Gasteiger partial charge in [0.25, 0.3) is 0 Å². The third-order valence-electron chi connectivity index (χ3n) is 0.464. The van der Waals surface area contributed by atoms with Crippen molar-refractivity contribution in [1.29, 1.82) is 0 Å². The van der Waals surface area contributed by atoms with Gasteiger partial charge in [-0.3, -0.25) is 10.4 Å². The number of amides is 2. The number of nitrogens with one attached hydrogen (secondary N) is 1. The molecule has 0 radical (unpaired) electrons. The predicted molar refractivity (Wildman–Crippen MR) is 21.0 cm³/mol. The lowest BCUT2D eigenvalue weighted by Crippen LogP contribution is -2.36. The van der Waals surface area contributed by atoms with Crippen molar-refractivity contribution in [3.8, 4) is 0 Å². The van der Waals surface area contributed by atoms with Gasteiger partial charge < -0.3 is 5.11 Å². The lowest BCUT2D eigenvalue weighted by Gasteiger charge is -2.07. The first-order valence-electron chi connectivity index (χ1n) is 1.73. The van der Waals surface area contributed by atoms with Crippen LogP contribution in [0.1, 0.15) is 0 Å². The number of hydroxylamine groups is 3. The van der Waals surface area contributed by atoms with E-state index in [2.05, 4.69) is 0 Å². The summed E-state index contributed by atoms with van der Waals surface area (Å²) in [7, 11) is 0. The van der Waals surface area contributed by atoms with Crippen LogP contribution in [0, 0.1) is 0 Å². The molecule has 0 aliphatic carbocycles. The molecule has 0 rings (SSSR count). The molecule has 4 N–H and O–H groups in total. The lowest BCUT2D eigenvalue weighted by atomic mass is 11.0. The maximum atomic E-state index is 9.90. The van der Waals surface area contributed by atoms with Gasteiger partial charge in [0.15, 0.2) is 0 Å². The number of urea groups is 1. The van der Waals surface area contributed by atoms with Crippen molar-refractivity contribution in [3.05, 3.63) is 0 Å². The average molecular weight is 122 g/mol. The fourth-order valence-electron chi connectivity index (χ4n) is 0.122. The van der Waals surface area contributed by atoms with E-state index in [0.717, 1.165) is 5.48 Å². The van der Waals surface area contributed by atoms with Crippen molar-refractivity contribution in [1.82, 2.24) is 10.5 Å². The van der Waals surface area contributed by atoms with E-state index in [4.69, 9.17) is 15.5 Å². The van der Waals surface area contributed by atoms with E-state index < -0.39 is 12.8 Å². The van der Waals surface area contributed by atoms with Crippen molar-refractivity contribution < 1.29 is 20.3 Å². The Bertz CT molecular complexity index is 84.1. The van der Waals surface area contributed by atoms with Gasteiger partial charge in [0.2, 0.25) is 0 Å². The van der Waals surface area contributed by atoms with Gasteiger partial charge in [0, 0.05) is 0 Å². The monoisotopic (exact) mass is 122 g/mol. The Morgan fingerprint density at radius 3 is 2.38 bits per heavy atom. The smallest absolute Gasteiger partial charge is 0.367 e. The first kappa shape index (κ1) is 7.15. The molecule has 0 atom stereocenters. The molecule has 0 fully saturated rings. The molecular weight excluding hydrogens is 116 g/mol. The standard InChI is InChI=1S/C2H6N2O4/c5-1-4(8)2(6)3-7/h5,7-8H,1H2,(H,3,6). The van der Waals surface area contributed by atoms with Crippen molar-refractivity contribution in [2.24, 2.45) is 0 Å². The summed E-state index contributed by atoms with van der Waals surface area (Å²) in [6.07, 6.45) is 0. The van der Waals surface area contributed by atoms with Crippen LogP contribution >= 0.6 is 0 Å². The molecule has 0 aliphatic rings. The topological polar surface area (TPSA) is 93.0 Å². The van der Waals surface area contributed by atoms with Crippen LogP contribution < -0.4 is 5.48 Å². The van der Waals surface area contributed by atoms with Crippen molar-refractivity contribution >= 4 is 6.03 Å². The molecule has 0 unspecified atom stereocenters. The van der Waals surface area contributed by atoms with Crippen LogP contribution in [-0.2, 0) is 0 Å². The summed E-state index contributed by atoms with van der Waals surface area (Å²) in [5, 5.41) is 23.7. The minimum absolute atomic E-state index is 0.0972. The fourth-order valence-corrected chi connectivity index (χ4v) is 0.122. The van der Waals surface area contributed by atoms with Gasteiger partial charge in [-0.1, -0.05) is 0 Å².